The van der Waals surface area contributed by atoms with Crippen LogP contribution in [0.15, 0.2) is 227 Å². The maximum absolute atomic E-state index is 6.44. The van der Waals surface area contributed by atoms with E-state index in [0.717, 1.165) is 78.0 Å². The van der Waals surface area contributed by atoms with Crippen molar-refractivity contribution in [3.63, 3.8) is 0 Å². The van der Waals surface area contributed by atoms with Crippen LogP contribution < -0.4 is 5.32 Å². The molecule has 1 aliphatic heterocycles. The molecule has 296 valence electrons. The number of benzene rings is 9. The smallest absolute Gasteiger partial charge is 0.159 e. The first-order valence-electron chi connectivity index (χ1n) is 21.4. The Balaban J connectivity index is 1.01. The van der Waals surface area contributed by atoms with Gasteiger partial charge in [0.15, 0.2) is 5.84 Å². The molecule has 0 fully saturated rings. The topological polar surface area (TPSA) is 59.8 Å². The number of furan rings is 1. The lowest BCUT2D eigenvalue weighted by atomic mass is 9.98. The van der Waals surface area contributed by atoms with Gasteiger partial charge in [-0.1, -0.05) is 158 Å². The summed E-state index contributed by atoms with van der Waals surface area (Å²) in [7, 11) is 0. The van der Waals surface area contributed by atoms with Crippen LogP contribution in [-0.2, 0) is 0 Å². The van der Waals surface area contributed by atoms with Crippen LogP contribution in [0.5, 0.6) is 0 Å². The number of hydrogen-bond acceptors (Lipinski definition) is 4. The van der Waals surface area contributed by atoms with Gasteiger partial charge in [0.2, 0.25) is 0 Å². The Morgan fingerprint density at radius 1 is 0.429 bits per heavy atom. The molecule has 1 N–H and O–H groups in total. The quantitative estimate of drug-likeness (QED) is 0.182. The number of para-hydroxylation sites is 3. The Labute approximate surface area is 362 Å². The van der Waals surface area contributed by atoms with Gasteiger partial charge in [0, 0.05) is 54.8 Å². The molecule has 63 heavy (non-hydrogen) atoms. The molecule has 0 amide bonds. The van der Waals surface area contributed by atoms with Crippen molar-refractivity contribution in [3.05, 3.63) is 229 Å². The number of aromatic nitrogens is 2. The molecule has 12 aromatic rings. The van der Waals surface area contributed by atoms with Gasteiger partial charge in [0.05, 0.1) is 22.1 Å². The van der Waals surface area contributed by atoms with E-state index in [0.29, 0.717) is 5.84 Å². The Morgan fingerprint density at radius 3 is 1.73 bits per heavy atom. The van der Waals surface area contributed by atoms with E-state index in [4.69, 9.17) is 14.4 Å². The van der Waals surface area contributed by atoms with E-state index in [2.05, 4.69) is 203 Å². The summed E-state index contributed by atoms with van der Waals surface area (Å²) in [6.45, 7) is 0. The average molecular weight is 808 g/mol. The third-order valence-electron chi connectivity index (χ3n) is 12.6. The molecule has 3 aromatic heterocycles. The van der Waals surface area contributed by atoms with Crippen molar-refractivity contribution >= 4 is 77.2 Å². The van der Waals surface area contributed by atoms with Crippen molar-refractivity contribution in [2.45, 2.75) is 6.17 Å². The van der Waals surface area contributed by atoms with Crippen LogP contribution in [0.3, 0.4) is 0 Å². The van der Waals surface area contributed by atoms with E-state index >= 15 is 0 Å². The first-order valence-corrected chi connectivity index (χ1v) is 21.4. The van der Waals surface area contributed by atoms with Crippen LogP contribution in [0.2, 0.25) is 0 Å². The van der Waals surface area contributed by atoms with Gasteiger partial charge in [-0.3, -0.25) is 0 Å². The number of aliphatic imine (C=N–C) groups is 2. The lowest BCUT2D eigenvalue weighted by Gasteiger charge is -2.24. The maximum atomic E-state index is 6.44. The molecule has 0 radical (unpaired) electrons. The fraction of sp³-hybridized carbons (Fsp3) is 0.0175. The largest absolute Gasteiger partial charge is 0.456 e. The molecule has 0 spiro atoms. The van der Waals surface area contributed by atoms with E-state index in [1.807, 2.05) is 24.3 Å². The number of amidine groups is 2. The lowest BCUT2D eigenvalue weighted by Crippen LogP contribution is -2.33. The first kappa shape index (κ1) is 35.3. The second-order valence-corrected chi connectivity index (χ2v) is 16.2. The van der Waals surface area contributed by atoms with Crippen LogP contribution in [0.1, 0.15) is 22.9 Å². The minimum atomic E-state index is -0.413. The summed E-state index contributed by atoms with van der Waals surface area (Å²) in [5.74, 6) is 1.43. The third-order valence-corrected chi connectivity index (χ3v) is 12.6. The second-order valence-electron chi connectivity index (χ2n) is 16.2. The summed E-state index contributed by atoms with van der Waals surface area (Å²) in [4.78, 5) is 10.7. The number of nitrogens with zero attached hydrogens (tertiary/aromatic N) is 4. The van der Waals surface area contributed by atoms with Crippen molar-refractivity contribution in [2.75, 3.05) is 0 Å². The Hall–Kier alpha value is -8.48. The van der Waals surface area contributed by atoms with Crippen LogP contribution in [0, 0.1) is 0 Å². The van der Waals surface area contributed by atoms with Crippen molar-refractivity contribution < 1.29 is 4.42 Å². The molecular weight excluding hydrogens is 771 g/mol. The molecule has 1 unspecified atom stereocenters. The van der Waals surface area contributed by atoms with Gasteiger partial charge in [-0.2, -0.15) is 0 Å². The maximum Gasteiger partial charge on any atom is 0.159 e. The van der Waals surface area contributed by atoms with E-state index in [1.54, 1.807) is 0 Å². The molecule has 13 rings (SSSR count). The Morgan fingerprint density at radius 2 is 1.02 bits per heavy atom. The van der Waals surface area contributed by atoms with E-state index in [1.165, 1.54) is 32.6 Å². The molecule has 4 heterocycles. The van der Waals surface area contributed by atoms with Gasteiger partial charge in [-0.05, 0) is 71.3 Å². The summed E-state index contributed by atoms with van der Waals surface area (Å²) in [5, 5.41) is 10.7. The number of hydrogen-bond donors (Lipinski definition) is 1. The van der Waals surface area contributed by atoms with E-state index < -0.39 is 6.17 Å². The Kier molecular flexibility index (Phi) is 7.87. The molecule has 1 aliphatic rings. The molecule has 9 aromatic carbocycles. The molecule has 0 aliphatic carbocycles. The summed E-state index contributed by atoms with van der Waals surface area (Å²) >= 11 is 0. The average Bonchev–Trinajstić information content (AvgIpc) is 4.02. The van der Waals surface area contributed by atoms with E-state index in [-0.39, 0.29) is 0 Å². The van der Waals surface area contributed by atoms with Crippen LogP contribution in [0.4, 0.5) is 0 Å². The van der Waals surface area contributed by atoms with Crippen molar-refractivity contribution in [1.82, 2.24) is 14.5 Å². The predicted octanol–water partition coefficient (Wildman–Crippen LogP) is 13.9. The highest BCUT2D eigenvalue weighted by Gasteiger charge is 2.25. The summed E-state index contributed by atoms with van der Waals surface area (Å²) < 4.78 is 11.3. The fourth-order valence-electron chi connectivity index (χ4n) is 9.76. The number of fused-ring (bicyclic) bond motifs is 10. The van der Waals surface area contributed by atoms with Gasteiger partial charge in [0.25, 0.3) is 0 Å². The minimum Gasteiger partial charge on any atom is -0.456 e. The van der Waals surface area contributed by atoms with Crippen molar-refractivity contribution in [2.24, 2.45) is 9.98 Å². The van der Waals surface area contributed by atoms with E-state index in [9.17, 15) is 0 Å². The zero-order chi connectivity index (χ0) is 41.4. The fourth-order valence-corrected chi connectivity index (χ4v) is 9.76. The molecule has 0 saturated carbocycles. The highest BCUT2D eigenvalue weighted by atomic mass is 16.3. The summed E-state index contributed by atoms with van der Waals surface area (Å²) in [5.41, 5.74) is 13.7. The second kappa shape index (κ2) is 14.0. The van der Waals surface area contributed by atoms with Crippen LogP contribution in [-0.4, -0.2) is 20.8 Å². The number of nitrogens with one attached hydrogen (secondary N) is 1. The Bertz CT molecular complexity index is 3820. The van der Waals surface area contributed by atoms with Crippen LogP contribution >= 0.6 is 0 Å². The normalized spacial score (nSPS) is 14.2. The van der Waals surface area contributed by atoms with Gasteiger partial charge >= 0.3 is 0 Å². The zero-order valence-corrected chi connectivity index (χ0v) is 34.0. The molecular formula is C57H37N5O. The van der Waals surface area contributed by atoms with Crippen molar-refractivity contribution in [1.29, 1.82) is 0 Å². The van der Waals surface area contributed by atoms with Gasteiger partial charge < -0.3 is 18.9 Å². The number of rotatable bonds is 6. The van der Waals surface area contributed by atoms with Crippen LogP contribution in [0.25, 0.3) is 88.1 Å². The summed E-state index contributed by atoms with van der Waals surface area (Å²) in [6.07, 6.45) is -0.413. The standard InChI is InChI=1S/C57H37N5O/c1-4-16-36(17-5-1)42-26-15-29-51-52(42)47-35-39(30-33-50(47)63-51)57-59-55(37-18-6-2-7-19-37)58-56(60-57)38-20-14-23-41(34-38)62-49-28-13-11-25-44(49)46-32-31-45-43-24-10-12-27-48(43)61(53(45)54(46)62)40-21-8-3-9-22-40/h1-35,57H,(H,58,59,60). The van der Waals surface area contributed by atoms with Gasteiger partial charge in [-0.25, -0.2) is 9.98 Å². The molecule has 6 nitrogen and oxygen atoms in total. The molecule has 1 atom stereocenters. The predicted molar refractivity (Wildman–Crippen MR) is 260 cm³/mol. The zero-order valence-electron chi connectivity index (χ0n) is 34.0. The highest BCUT2D eigenvalue weighted by Crippen LogP contribution is 2.42. The summed E-state index contributed by atoms with van der Waals surface area (Å²) in [6, 6.07) is 75.0. The monoisotopic (exact) mass is 807 g/mol. The van der Waals surface area contributed by atoms with Gasteiger partial charge in [0.1, 0.15) is 23.2 Å². The SMILES string of the molecule is c1ccc(C2=NC(c3cccc(-n4c5ccccc5c5ccc6c7ccccc7n(-c7ccccc7)c6c54)c3)=NC(c3ccc4oc5cccc(-c6ccccc6)c5c4c3)N2)cc1. The molecule has 6 heteroatoms. The molecule has 0 bridgehead atoms. The lowest BCUT2D eigenvalue weighted by molar-refractivity contribution is 0.663. The minimum absolute atomic E-state index is 0.413. The molecule has 0 saturated heterocycles. The highest BCUT2D eigenvalue weighted by molar-refractivity contribution is 6.24. The van der Waals surface area contributed by atoms with Crippen molar-refractivity contribution in [3.8, 4) is 22.5 Å². The third kappa shape index (κ3) is 5.58. The first-order chi connectivity index (χ1) is 31.2. The van der Waals surface area contributed by atoms with Gasteiger partial charge in [-0.15, -0.1) is 0 Å².